The van der Waals surface area contributed by atoms with E-state index in [9.17, 15) is 0 Å². The maximum absolute atomic E-state index is 5.62. The van der Waals surface area contributed by atoms with Crippen LogP contribution in [0.25, 0.3) is 0 Å². The molecule has 0 heterocycles. The van der Waals surface area contributed by atoms with E-state index in [4.69, 9.17) is 4.74 Å². The molecule has 0 unspecified atom stereocenters. The molecule has 5 heteroatoms. The molecule has 0 atom stereocenters. The fraction of sp³-hybridized carbons (Fsp3) is 0.947. The number of nitrogens with one attached hydrogen (secondary N) is 2. The van der Waals surface area contributed by atoms with E-state index >= 15 is 0 Å². The summed E-state index contributed by atoms with van der Waals surface area (Å²) in [6, 6.07) is 0. The minimum Gasteiger partial charge on any atom is -0.380 e. The Morgan fingerprint density at radius 2 is 1.71 bits per heavy atom. The third-order valence-electron chi connectivity index (χ3n) is 3.76. The minimum atomic E-state index is 0.708. The Hall–Kier alpha value is -0.810. The molecule has 0 aliphatic carbocycles. The van der Waals surface area contributed by atoms with Crippen LogP contribution in [-0.2, 0) is 4.74 Å². The number of unbranched alkanes of at least 4 members (excludes halogenated alkanes) is 4. The number of guanidine groups is 1. The summed E-state index contributed by atoms with van der Waals surface area (Å²) in [6.45, 7) is 11.9. The second-order valence-corrected chi connectivity index (χ2v) is 7.05. The van der Waals surface area contributed by atoms with E-state index in [1.807, 2.05) is 0 Å². The molecular formula is C19H42N4O. The van der Waals surface area contributed by atoms with Gasteiger partial charge in [-0.2, -0.15) is 0 Å². The van der Waals surface area contributed by atoms with Crippen molar-refractivity contribution in [3.8, 4) is 0 Å². The standard InChI is InChI=1S/C19H42N4O/c1-6-20-19(22-14-17-24-16-12-18(2)3)21-13-10-8-7-9-11-15-23(4)5/h18H,6-17H2,1-5H3,(H2,20,21,22). The molecular weight excluding hydrogens is 300 g/mol. The van der Waals surface area contributed by atoms with Crippen molar-refractivity contribution in [1.29, 1.82) is 0 Å². The van der Waals surface area contributed by atoms with Gasteiger partial charge in [0.1, 0.15) is 0 Å². The lowest BCUT2D eigenvalue weighted by molar-refractivity contribution is 0.128. The van der Waals surface area contributed by atoms with E-state index in [1.54, 1.807) is 0 Å². The van der Waals surface area contributed by atoms with Crippen molar-refractivity contribution in [1.82, 2.24) is 15.5 Å². The molecule has 0 spiro atoms. The number of hydrogen-bond acceptors (Lipinski definition) is 3. The highest BCUT2D eigenvalue weighted by Gasteiger charge is 1.98. The van der Waals surface area contributed by atoms with Crippen LogP contribution in [0.1, 0.15) is 59.3 Å². The van der Waals surface area contributed by atoms with Gasteiger partial charge in [0.25, 0.3) is 0 Å². The van der Waals surface area contributed by atoms with Gasteiger partial charge in [0.05, 0.1) is 6.61 Å². The lowest BCUT2D eigenvalue weighted by Crippen LogP contribution is -2.39. The molecule has 0 aromatic heterocycles. The van der Waals surface area contributed by atoms with Crippen molar-refractivity contribution in [3.63, 3.8) is 0 Å². The van der Waals surface area contributed by atoms with Gasteiger partial charge in [-0.15, -0.1) is 0 Å². The van der Waals surface area contributed by atoms with Gasteiger partial charge in [-0.1, -0.05) is 33.1 Å². The van der Waals surface area contributed by atoms with Gasteiger partial charge in [-0.3, -0.25) is 4.99 Å². The summed E-state index contributed by atoms with van der Waals surface area (Å²) in [7, 11) is 4.28. The van der Waals surface area contributed by atoms with Crippen LogP contribution in [0.15, 0.2) is 4.99 Å². The molecule has 0 bridgehead atoms. The zero-order valence-corrected chi connectivity index (χ0v) is 16.9. The van der Waals surface area contributed by atoms with E-state index < -0.39 is 0 Å². The molecule has 0 radical (unpaired) electrons. The van der Waals surface area contributed by atoms with Gasteiger partial charge in [0.15, 0.2) is 5.96 Å². The highest BCUT2D eigenvalue weighted by molar-refractivity contribution is 5.79. The molecule has 0 aliphatic rings. The molecule has 0 saturated carbocycles. The largest absolute Gasteiger partial charge is 0.380 e. The summed E-state index contributed by atoms with van der Waals surface area (Å²) in [5.74, 6) is 1.62. The number of hydrogen-bond donors (Lipinski definition) is 2. The molecule has 0 amide bonds. The second kappa shape index (κ2) is 17.0. The van der Waals surface area contributed by atoms with E-state index in [1.165, 1.54) is 38.6 Å². The van der Waals surface area contributed by atoms with Crippen molar-refractivity contribution in [2.45, 2.75) is 59.3 Å². The third kappa shape index (κ3) is 17.5. The average Bonchev–Trinajstić information content (AvgIpc) is 2.52. The number of aliphatic imine (C=N–C) groups is 1. The van der Waals surface area contributed by atoms with Crippen molar-refractivity contribution in [3.05, 3.63) is 0 Å². The molecule has 2 N–H and O–H groups in total. The van der Waals surface area contributed by atoms with Crippen LogP contribution < -0.4 is 10.6 Å². The predicted octanol–water partition coefficient (Wildman–Crippen LogP) is 3.12. The SMILES string of the molecule is CCNC(=NCCCCCCCN(C)C)NCCOCCC(C)C. The summed E-state index contributed by atoms with van der Waals surface area (Å²) in [6.07, 6.45) is 7.52. The number of nitrogens with zero attached hydrogens (tertiary/aromatic N) is 2. The monoisotopic (exact) mass is 342 g/mol. The Bertz CT molecular complexity index is 293. The predicted molar refractivity (Wildman–Crippen MR) is 106 cm³/mol. The maximum Gasteiger partial charge on any atom is 0.191 e. The third-order valence-corrected chi connectivity index (χ3v) is 3.76. The first-order chi connectivity index (χ1) is 11.6. The van der Waals surface area contributed by atoms with Gasteiger partial charge in [0, 0.05) is 26.2 Å². The van der Waals surface area contributed by atoms with Gasteiger partial charge >= 0.3 is 0 Å². The van der Waals surface area contributed by atoms with Crippen molar-refractivity contribution < 1.29 is 4.74 Å². The number of rotatable bonds is 15. The van der Waals surface area contributed by atoms with Crippen LogP contribution in [-0.4, -0.2) is 64.3 Å². The first-order valence-electron chi connectivity index (χ1n) is 9.81. The highest BCUT2D eigenvalue weighted by atomic mass is 16.5. The highest BCUT2D eigenvalue weighted by Crippen LogP contribution is 2.03. The van der Waals surface area contributed by atoms with E-state index in [2.05, 4.69) is 55.4 Å². The lowest BCUT2D eigenvalue weighted by atomic mass is 10.1. The molecule has 0 aromatic rings. The van der Waals surface area contributed by atoms with Gasteiger partial charge in [-0.05, 0) is 52.7 Å². The van der Waals surface area contributed by atoms with Crippen molar-refractivity contribution >= 4 is 5.96 Å². The minimum absolute atomic E-state index is 0.708. The fourth-order valence-electron chi connectivity index (χ4n) is 2.27. The fourth-order valence-corrected chi connectivity index (χ4v) is 2.27. The van der Waals surface area contributed by atoms with Crippen LogP contribution in [0.4, 0.5) is 0 Å². The van der Waals surface area contributed by atoms with Crippen molar-refractivity contribution in [2.75, 3.05) is 53.5 Å². The van der Waals surface area contributed by atoms with Crippen LogP contribution in [0.3, 0.4) is 0 Å². The van der Waals surface area contributed by atoms with Crippen LogP contribution in [0.5, 0.6) is 0 Å². The molecule has 0 rings (SSSR count). The lowest BCUT2D eigenvalue weighted by Gasteiger charge is -2.12. The molecule has 0 saturated heterocycles. The normalized spacial score (nSPS) is 12.2. The van der Waals surface area contributed by atoms with Crippen molar-refractivity contribution in [2.24, 2.45) is 10.9 Å². The summed E-state index contributed by atoms with van der Waals surface area (Å²) in [4.78, 5) is 6.89. The van der Waals surface area contributed by atoms with E-state index in [-0.39, 0.29) is 0 Å². The summed E-state index contributed by atoms with van der Waals surface area (Å²) in [5.41, 5.74) is 0. The van der Waals surface area contributed by atoms with Gasteiger partial charge in [0.2, 0.25) is 0 Å². The topological polar surface area (TPSA) is 48.9 Å². The molecule has 0 aromatic carbocycles. The Balaban J connectivity index is 3.63. The molecule has 24 heavy (non-hydrogen) atoms. The summed E-state index contributed by atoms with van der Waals surface area (Å²) < 4.78 is 5.62. The maximum atomic E-state index is 5.62. The van der Waals surface area contributed by atoms with Crippen LogP contribution >= 0.6 is 0 Å². The second-order valence-electron chi connectivity index (χ2n) is 7.05. The molecule has 0 aliphatic heterocycles. The zero-order chi connectivity index (χ0) is 18.0. The quantitative estimate of drug-likeness (QED) is 0.273. The van der Waals surface area contributed by atoms with Crippen LogP contribution in [0, 0.1) is 5.92 Å². The van der Waals surface area contributed by atoms with E-state index in [0.717, 1.165) is 45.2 Å². The Morgan fingerprint density at radius 1 is 1.00 bits per heavy atom. The first kappa shape index (κ1) is 23.2. The summed E-state index contributed by atoms with van der Waals surface area (Å²) >= 11 is 0. The van der Waals surface area contributed by atoms with Gasteiger partial charge in [-0.25, -0.2) is 0 Å². The Morgan fingerprint density at radius 3 is 2.38 bits per heavy atom. The van der Waals surface area contributed by atoms with Gasteiger partial charge < -0.3 is 20.3 Å². The number of ether oxygens (including phenoxy) is 1. The molecule has 0 fully saturated rings. The Kier molecular flexibility index (Phi) is 16.5. The average molecular weight is 343 g/mol. The molecule has 144 valence electrons. The molecule has 5 nitrogen and oxygen atoms in total. The van der Waals surface area contributed by atoms with E-state index in [0.29, 0.717) is 5.92 Å². The Labute approximate surface area is 150 Å². The van der Waals surface area contributed by atoms with Crippen LogP contribution in [0.2, 0.25) is 0 Å². The first-order valence-corrected chi connectivity index (χ1v) is 9.81. The summed E-state index contributed by atoms with van der Waals surface area (Å²) in [5, 5.41) is 6.63. The zero-order valence-electron chi connectivity index (χ0n) is 16.9. The smallest absolute Gasteiger partial charge is 0.191 e.